The molecule has 0 saturated carbocycles. The van der Waals surface area contributed by atoms with Gasteiger partial charge < -0.3 is 0 Å². The summed E-state index contributed by atoms with van der Waals surface area (Å²) in [4.78, 5) is 8.04. The fraction of sp³-hybridized carbons (Fsp3) is 0.154. The predicted molar refractivity (Wildman–Crippen MR) is 81.1 cm³/mol. The van der Waals surface area contributed by atoms with Crippen molar-refractivity contribution < 1.29 is 8.42 Å². The van der Waals surface area contributed by atoms with E-state index in [1.807, 2.05) is 13.0 Å². The van der Waals surface area contributed by atoms with Gasteiger partial charge in [0.2, 0.25) is 0 Å². The van der Waals surface area contributed by atoms with Crippen molar-refractivity contribution in [2.45, 2.75) is 11.8 Å². The highest BCUT2D eigenvalue weighted by Gasteiger charge is 2.25. The van der Waals surface area contributed by atoms with Crippen LogP contribution in [0, 0.1) is 18.3 Å². The number of sulfonamides is 1. The number of halogens is 1. The first-order chi connectivity index (χ1) is 9.95. The molecule has 1 heterocycles. The molecule has 21 heavy (non-hydrogen) atoms. The van der Waals surface area contributed by atoms with Crippen molar-refractivity contribution >= 4 is 31.8 Å². The van der Waals surface area contributed by atoms with Crippen LogP contribution in [-0.2, 0) is 10.0 Å². The summed E-state index contributed by atoms with van der Waals surface area (Å²) in [5.41, 5.74) is 0.948. The van der Waals surface area contributed by atoms with Crippen LogP contribution in [0.4, 0.5) is 5.82 Å². The fourth-order valence-electron chi connectivity index (χ4n) is 1.63. The molecule has 2 aromatic rings. The monoisotopic (exact) mass is 366 g/mol. The molecule has 0 aliphatic rings. The predicted octanol–water partition coefficient (Wildman–Crippen LogP) is 2.27. The zero-order valence-corrected chi connectivity index (χ0v) is 13.5. The molecule has 0 saturated heterocycles. The van der Waals surface area contributed by atoms with Gasteiger partial charge in [0.1, 0.15) is 11.1 Å². The van der Waals surface area contributed by atoms with Gasteiger partial charge in [0.25, 0.3) is 10.0 Å². The van der Waals surface area contributed by atoms with E-state index in [1.165, 1.54) is 24.5 Å². The number of aryl methyl sites for hydroxylation is 1. The highest BCUT2D eigenvalue weighted by Crippen LogP contribution is 2.21. The van der Waals surface area contributed by atoms with E-state index in [4.69, 9.17) is 5.26 Å². The Morgan fingerprint density at radius 2 is 1.90 bits per heavy atom. The number of benzene rings is 1. The van der Waals surface area contributed by atoms with E-state index in [2.05, 4.69) is 25.9 Å². The molecule has 0 amide bonds. The average Bonchev–Trinajstić information content (AvgIpc) is 2.46. The zero-order chi connectivity index (χ0) is 15.5. The van der Waals surface area contributed by atoms with Crippen molar-refractivity contribution in [2.24, 2.45) is 0 Å². The first-order valence-corrected chi connectivity index (χ1v) is 8.12. The number of nitriles is 1. The van der Waals surface area contributed by atoms with Crippen molar-refractivity contribution in [3.8, 4) is 6.07 Å². The first kappa shape index (κ1) is 15.4. The van der Waals surface area contributed by atoms with Crippen LogP contribution >= 0.6 is 15.9 Å². The molecule has 0 atom stereocenters. The van der Waals surface area contributed by atoms with Gasteiger partial charge in [0, 0.05) is 0 Å². The van der Waals surface area contributed by atoms with Gasteiger partial charge in [-0.3, -0.25) is 0 Å². The van der Waals surface area contributed by atoms with Gasteiger partial charge in [-0.15, -0.1) is 0 Å². The van der Waals surface area contributed by atoms with E-state index in [1.54, 1.807) is 12.1 Å². The van der Waals surface area contributed by atoms with Crippen molar-refractivity contribution in [3.05, 3.63) is 46.8 Å². The SMILES string of the molecule is Cc1ccc(S(=O)(=O)N(CC#N)c2cnc(Br)cn2)cc1. The van der Waals surface area contributed by atoms with Crippen LogP contribution in [0.5, 0.6) is 0 Å². The van der Waals surface area contributed by atoms with Gasteiger partial charge >= 0.3 is 0 Å². The minimum absolute atomic E-state index is 0.0975. The summed E-state index contributed by atoms with van der Waals surface area (Å²) < 4.78 is 26.6. The molecule has 1 aromatic carbocycles. The molecule has 0 N–H and O–H groups in total. The minimum Gasteiger partial charge on any atom is -0.244 e. The average molecular weight is 367 g/mol. The minimum atomic E-state index is -3.85. The Morgan fingerprint density at radius 3 is 2.43 bits per heavy atom. The summed E-state index contributed by atoms with van der Waals surface area (Å²) >= 11 is 3.13. The normalized spacial score (nSPS) is 10.9. The Labute approximate surface area is 131 Å². The number of aromatic nitrogens is 2. The van der Waals surface area contributed by atoms with E-state index in [-0.39, 0.29) is 17.3 Å². The van der Waals surface area contributed by atoms with Crippen LogP contribution in [0.15, 0.2) is 46.2 Å². The lowest BCUT2D eigenvalue weighted by Crippen LogP contribution is -2.32. The topological polar surface area (TPSA) is 87.0 Å². The molecule has 0 unspecified atom stereocenters. The second-order valence-electron chi connectivity index (χ2n) is 4.18. The van der Waals surface area contributed by atoms with Crippen molar-refractivity contribution in [1.82, 2.24) is 9.97 Å². The number of rotatable bonds is 4. The maximum absolute atomic E-state index is 12.6. The molecule has 0 bridgehead atoms. The molecule has 6 nitrogen and oxygen atoms in total. The molecule has 1 aromatic heterocycles. The van der Waals surface area contributed by atoms with Gasteiger partial charge in [0.15, 0.2) is 5.82 Å². The lowest BCUT2D eigenvalue weighted by Gasteiger charge is -2.20. The third-order valence-corrected chi connectivity index (χ3v) is 4.86. The third kappa shape index (κ3) is 3.37. The maximum Gasteiger partial charge on any atom is 0.266 e. The van der Waals surface area contributed by atoms with Gasteiger partial charge in [-0.1, -0.05) is 17.7 Å². The second kappa shape index (κ2) is 6.20. The maximum atomic E-state index is 12.6. The smallest absolute Gasteiger partial charge is 0.244 e. The van der Waals surface area contributed by atoms with Gasteiger partial charge in [-0.2, -0.15) is 5.26 Å². The lowest BCUT2D eigenvalue weighted by molar-refractivity contribution is 0.592. The molecule has 2 rings (SSSR count). The van der Waals surface area contributed by atoms with Gasteiger partial charge in [-0.25, -0.2) is 22.7 Å². The molecule has 0 spiro atoms. The highest BCUT2D eigenvalue weighted by atomic mass is 79.9. The van der Waals surface area contributed by atoms with Crippen LogP contribution in [0.2, 0.25) is 0 Å². The third-order valence-electron chi connectivity index (χ3n) is 2.69. The molecule has 0 radical (unpaired) electrons. The van der Waals surface area contributed by atoms with E-state index in [0.717, 1.165) is 9.87 Å². The molecule has 108 valence electrons. The summed E-state index contributed by atoms with van der Waals surface area (Å²) in [6.07, 6.45) is 2.68. The molecule has 0 aliphatic carbocycles. The van der Waals surface area contributed by atoms with Gasteiger partial charge in [0.05, 0.1) is 23.4 Å². The lowest BCUT2D eigenvalue weighted by atomic mass is 10.2. The molecule has 0 fully saturated rings. The van der Waals surface area contributed by atoms with Crippen molar-refractivity contribution in [1.29, 1.82) is 5.26 Å². The summed E-state index contributed by atoms with van der Waals surface area (Å²) in [6, 6.07) is 8.24. The van der Waals surface area contributed by atoms with Crippen LogP contribution in [0.25, 0.3) is 0 Å². The van der Waals surface area contributed by atoms with E-state index >= 15 is 0 Å². The van der Waals surface area contributed by atoms with E-state index in [9.17, 15) is 8.42 Å². The summed E-state index contributed by atoms with van der Waals surface area (Å²) in [7, 11) is -3.85. The van der Waals surface area contributed by atoms with Crippen LogP contribution in [-0.4, -0.2) is 24.9 Å². The van der Waals surface area contributed by atoms with Crippen LogP contribution < -0.4 is 4.31 Å². The fourth-order valence-corrected chi connectivity index (χ4v) is 3.13. The number of hydrogen-bond donors (Lipinski definition) is 0. The second-order valence-corrected chi connectivity index (χ2v) is 6.85. The number of anilines is 1. The Morgan fingerprint density at radius 1 is 1.24 bits per heavy atom. The Kier molecular flexibility index (Phi) is 4.55. The van der Waals surface area contributed by atoms with E-state index < -0.39 is 10.0 Å². The summed E-state index contributed by atoms with van der Waals surface area (Å²) in [6.45, 7) is 1.52. The largest absolute Gasteiger partial charge is 0.266 e. The molecule has 0 aliphatic heterocycles. The van der Waals surface area contributed by atoms with Crippen molar-refractivity contribution in [3.63, 3.8) is 0 Å². The number of hydrogen-bond acceptors (Lipinski definition) is 5. The van der Waals surface area contributed by atoms with Crippen LogP contribution in [0.1, 0.15) is 5.56 Å². The number of nitrogens with zero attached hydrogens (tertiary/aromatic N) is 4. The Hall–Kier alpha value is -1.98. The quantitative estimate of drug-likeness (QED) is 0.774. The molecule has 8 heteroatoms. The summed E-state index contributed by atoms with van der Waals surface area (Å²) in [5.74, 6) is 0.0975. The Balaban J connectivity index is 2.48. The first-order valence-electron chi connectivity index (χ1n) is 5.89. The van der Waals surface area contributed by atoms with Crippen LogP contribution in [0.3, 0.4) is 0 Å². The zero-order valence-electron chi connectivity index (χ0n) is 11.1. The van der Waals surface area contributed by atoms with E-state index in [0.29, 0.717) is 4.60 Å². The highest BCUT2D eigenvalue weighted by molar-refractivity contribution is 9.10. The van der Waals surface area contributed by atoms with Crippen molar-refractivity contribution in [2.75, 3.05) is 10.8 Å². The molecular formula is C13H11BrN4O2S. The van der Waals surface area contributed by atoms with Gasteiger partial charge in [-0.05, 0) is 35.0 Å². The standard InChI is InChI=1S/C13H11BrN4O2S/c1-10-2-4-11(5-3-10)21(19,20)18(7-6-15)13-9-16-12(14)8-17-13/h2-5,8-9H,7H2,1H3. The Bertz CT molecular complexity index is 767. The molecular weight excluding hydrogens is 356 g/mol. The summed E-state index contributed by atoms with van der Waals surface area (Å²) in [5, 5.41) is 8.89.